The van der Waals surface area contributed by atoms with Crippen LogP contribution in [0.3, 0.4) is 0 Å². The average molecular weight is 673 g/mol. The molecule has 0 saturated carbocycles. The molecule has 0 heterocycles. The molecule has 252 valence electrons. The van der Waals surface area contributed by atoms with E-state index in [4.69, 9.17) is 0 Å². The lowest BCUT2D eigenvalue weighted by atomic mass is 9.88. The molecule has 0 radical (unpaired) electrons. The Hall–Kier alpha value is -3.81. The molecule has 0 saturated heterocycles. The lowest BCUT2D eigenvalue weighted by molar-refractivity contribution is 0.206. The van der Waals surface area contributed by atoms with Crippen LogP contribution in [0.4, 0.5) is 0 Å². The summed E-state index contributed by atoms with van der Waals surface area (Å²) in [5.74, 6) is 0.323. The van der Waals surface area contributed by atoms with E-state index in [1.54, 1.807) is 12.2 Å². The lowest BCUT2D eigenvalue weighted by Crippen LogP contribution is -2.41. The molecule has 0 bridgehead atoms. The first kappa shape index (κ1) is 38.6. The van der Waals surface area contributed by atoms with Gasteiger partial charge in [-0.15, -0.1) is 13.2 Å². The van der Waals surface area contributed by atoms with Crippen LogP contribution in [0.1, 0.15) is 35.8 Å². The Bertz CT molecular complexity index is 1440. The monoisotopic (exact) mass is 672 g/mol. The quantitative estimate of drug-likeness (QED) is 0.0919. The summed E-state index contributed by atoms with van der Waals surface area (Å²) in [4.78, 5) is 0. The van der Waals surface area contributed by atoms with Crippen LogP contribution in [0.25, 0.3) is 0 Å². The van der Waals surface area contributed by atoms with Crippen LogP contribution >= 0.6 is 0 Å². The van der Waals surface area contributed by atoms with E-state index < -0.39 is 28.4 Å². The number of hydrogen-bond acceptors (Lipinski definition) is 2. The van der Waals surface area contributed by atoms with Gasteiger partial charge in [-0.1, -0.05) is 194 Å². The van der Waals surface area contributed by atoms with Crippen LogP contribution in [0.2, 0.25) is 38.3 Å². The molecular weight excluding hydrogens is 617 g/mol. The van der Waals surface area contributed by atoms with Crippen molar-refractivity contribution in [3.05, 3.63) is 182 Å². The Morgan fingerprint density at radius 3 is 1.06 bits per heavy atom. The third kappa shape index (κ3) is 11.7. The Balaban J connectivity index is 0.000000260. The molecule has 4 aromatic rings. The predicted octanol–water partition coefficient (Wildman–Crippen LogP) is 9.76. The van der Waals surface area contributed by atoms with Gasteiger partial charge in [-0.25, -0.2) is 0 Å². The first-order chi connectivity index (χ1) is 22.9. The largest absolute Gasteiger partial charge is 0.389 e. The van der Waals surface area contributed by atoms with Crippen LogP contribution in [0.5, 0.6) is 0 Å². The summed E-state index contributed by atoms with van der Waals surface area (Å²) in [7, 11) is -3.21. The highest BCUT2D eigenvalue weighted by atomic mass is 28.3. The van der Waals surface area contributed by atoms with Gasteiger partial charge in [-0.05, 0) is 36.1 Å². The second-order valence-corrected chi connectivity index (χ2v) is 23.6. The number of aliphatic hydroxyl groups excluding tert-OH is 2. The molecule has 0 spiro atoms. The molecule has 0 amide bonds. The third-order valence-corrected chi connectivity index (χ3v) is 15.8. The fourth-order valence-corrected chi connectivity index (χ4v) is 11.8. The van der Waals surface area contributed by atoms with E-state index in [1.807, 2.05) is 12.1 Å². The number of aliphatic hydroxyl groups is 2. The first-order valence-electron chi connectivity index (χ1n) is 17.1. The SMILES string of the molecule is C=C[C@@H](O)C[C@H](C(=C)C[Si](C)(C)c1ccccc1)c1ccccc1.C=C[C@@H](O)C[C@H](C(=C)C[Si](C)(C)c1ccccc1)c1ccccc1. The predicted molar refractivity (Wildman–Crippen MR) is 215 cm³/mol. The van der Waals surface area contributed by atoms with E-state index in [-0.39, 0.29) is 11.8 Å². The molecule has 0 aliphatic heterocycles. The molecule has 4 atom stereocenters. The molecule has 4 rings (SSSR count). The highest BCUT2D eigenvalue weighted by Gasteiger charge is 2.29. The van der Waals surface area contributed by atoms with Crippen LogP contribution in [0.15, 0.2) is 171 Å². The summed E-state index contributed by atoms with van der Waals surface area (Å²) in [5, 5.41) is 23.1. The molecule has 2 nitrogen and oxygen atoms in total. The molecule has 4 heteroatoms. The van der Waals surface area contributed by atoms with E-state index in [0.717, 1.165) is 12.1 Å². The van der Waals surface area contributed by atoms with Gasteiger partial charge in [0, 0.05) is 11.8 Å². The Kier molecular flexibility index (Phi) is 15.0. The van der Waals surface area contributed by atoms with Crippen LogP contribution in [-0.2, 0) is 0 Å². The van der Waals surface area contributed by atoms with Crippen molar-refractivity contribution in [1.29, 1.82) is 0 Å². The van der Waals surface area contributed by atoms with Crippen molar-refractivity contribution in [2.45, 2.75) is 75.2 Å². The molecular formula is C44H56O2Si2. The summed E-state index contributed by atoms with van der Waals surface area (Å²) >= 11 is 0. The van der Waals surface area contributed by atoms with E-state index in [9.17, 15) is 10.2 Å². The number of benzene rings is 4. The van der Waals surface area contributed by atoms with E-state index in [2.05, 4.69) is 162 Å². The number of allylic oxidation sites excluding steroid dienone is 2. The normalized spacial score (nSPS) is 14.0. The fraction of sp³-hybridized carbons (Fsp3) is 0.273. The summed E-state index contributed by atoms with van der Waals surface area (Å²) in [6, 6.07) is 44.3. The van der Waals surface area contributed by atoms with Gasteiger partial charge in [0.05, 0.1) is 28.4 Å². The average Bonchev–Trinajstić information content (AvgIpc) is 3.10. The maximum atomic E-state index is 10.1. The van der Waals surface area contributed by atoms with Gasteiger partial charge in [0.2, 0.25) is 0 Å². The minimum Gasteiger partial charge on any atom is -0.389 e. The number of hydrogen-bond donors (Lipinski definition) is 2. The minimum absolute atomic E-state index is 0.162. The van der Waals surface area contributed by atoms with Gasteiger partial charge in [0.25, 0.3) is 0 Å². The van der Waals surface area contributed by atoms with Crippen LogP contribution in [-0.4, -0.2) is 38.6 Å². The first-order valence-corrected chi connectivity index (χ1v) is 23.5. The van der Waals surface area contributed by atoms with Gasteiger partial charge in [-0.3, -0.25) is 0 Å². The van der Waals surface area contributed by atoms with Crippen LogP contribution < -0.4 is 10.4 Å². The van der Waals surface area contributed by atoms with Gasteiger partial charge in [-0.2, -0.15) is 0 Å². The molecule has 0 aliphatic rings. The van der Waals surface area contributed by atoms with Crippen molar-refractivity contribution in [3.8, 4) is 0 Å². The maximum absolute atomic E-state index is 10.1. The van der Waals surface area contributed by atoms with Crippen molar-refractivity contribution in [3.63, 3.8) is 0 Å². The summed E-state index contributed by atoms with van der Waals surface area (Å²) < 4.78 is 0. The Labute approximate surface area is 292 Å². The highest BCUT2D eigenvalue weighted by molar-refractivity contribution is 6.90. The van der Waals surface area contributed by atoms with Gasteiger partial charge in [0.15, 0.2) is 0 Å². The molecule has 0 aromatic heterocycles. The molecule has 2 N–H and O–H groups in total. The summed E-state index contributed by atoms with van der Waals surface area (Å²) in [5.41, 5.74) is 4.87. The zero-order valence-corrected chi connectivity index (χ0v) is 31.6. The zero-order valence-electron chi connectivity index (χ0n) is 29.6. The van der Waals surface area contributed by atoms with Crippen molar-refractivity contribution in [1.82, 2.24) is 0 Å². The summed E-state index contributed by atoms with van der Waals surface area (Å²) in [6.07, 6.45) is 3.50. The topological polar surface area (TPSA) is 40.5 Å². The molecule has 4 aromatic carbocycles. The van der Waals surface area contributed by atoms with E-state index in [0.29, 0.717) is 12.8 Å². The lowest BCUT2D eigenvalue weighted by Gasteiger charge is -2.29. The molecule has 0 unspecified atom stereocenters. The van der Waals surface area contributed by atoms with Gasteiger partial charge in [0.1, 0.15) is 0 Å². The Morgan fingerprint density at radius 2 is 0.792 bits per heavy atom. The zero-order chi connectivity index (χ0) is 35.2. The van der Waals surface area contributed by atoms with Crippen molar-refractivity contribution in [2.24, 2.45) is 0 Å². The highest BCUT2D eigenvalue weighted by Crippen LogP contribution is 2.35. The van der Waals surface area contributed by atoms with Crippen molar-refractivity contribution >= 4 is 26.5 Å². The molecule has 0 fully saturated rings. The second kappa shape index (κ2) is 18.7. The molecule has 0 aliphatic carbocycles. The van der Waals surface area contributed by atoms with E-state index in [1.165, 1.54) is 32.6 Å². The second-order valence-electron chi connectivity index (χ2n) is 14.2. The van der Waals surface area contributed by atoms with Crippen molar-refractivity contribution < 1.29 is 10.2 Å². The third-order valence-electron chi connectivity index (χ3n) is 9.34. The number of rotatable bonds is 16. The standard InChI is InChI=1S/2C22H28OSi/c2*1-5-20(23)16-22(19-12-8-6-9-13-19)18(2)17-24(3,4)21-14-10-7-11-15-21/h2*5-15,20,22-23H,1-2,16-17H2,3-4H3/t2*20-,22-/m11/s1. The van der Waals surface area contributed by atoms with Crippen molar-refractivity contribution in [2.75, 3.05) is 0 Å². The van der Waals surface area contributed by atoms with Gasteiger partial charge >= 0.3 is 0 Å². The molecule has 48 heavy (non-hydrogen) atoms. The smallest absolute Gasteiger partial charge is 0.0846 e. The van der Waals surface area contributed by atoms with E-state index >= 15 is 0 Å². The summed E-state index contributed by atoms with van der Waals surface area (Å²) in [6.45, 7) is 25.8. The Morgan fingerprint density at radius 1 is 0.521 bits per heavy atom. The fourth-order valence-electron chi connectivity index (χ4n) is 6.49. The van der Waals surface area contributed by atoms with Crippen LogP contribution in [0, 0.1) is 0 Å². The van der Waals surface area contributed by atoms with Gasteiger partial charge < -0.3 is 10.2 Å². The maximum Gasteiger partial charge on any atom is 0.0846 e. The minimum atomic E-state index is -1.61.